The lowest BCUT2D eigenvalue weighted by Crippen LogP contribution is -2.50. The first kappa shape index (κ1) is 12.4. The summed E-state index contributed by atoms with van der Waals surface area (Å²) in [6.07, 6.45) is 5.98. The molecule has 3 aliphatic heterocycles. The first-order valence-corrected chi connectivity index (χ1v) is 7.28. The van der Waals surface area contributed by atoms with Gasteiger partial charge in [-0.3, -0.25) is 9.69 Å². The lowest BCUT2D eigenvalue weighted by molar-refractivity contribution is -0.142. The van der Waals surface area contributed by atoms with Crippen molar-refractivity contribution in [3.63, 3.8) is 0 Å². The lowest BCUT2D eigenvalue weighted by Gasteiger charge is -2.42. The number of rotatable bonds is 2. The number of carboxylic acid groups (broad SMARTS) is 1. The monoisotopic (exact) mass is 252 g/mol. The highest BCUT2D eigenvalue weighted by Gasteiger charge is 2.45. The average molecular weight is 252 g/mol. The van der Waals surface area contributed by atoms with Gasteiger partial charge < -0.3 is 10.0 Å². The molecule has 4 unspecified atom stereocenters. The fraction of sp³-hybridized carbons (Fsp3) is 0.929. The number of hydrogen-bond acceptors (Lipinski definition) is 3. The highest BCUT2D eigenvalue weighted by atomic mass is 16.4. The minimum atomic E-state index is -0.610. The van der Waals surface area contributed by atoms with Crippen LogP contribution in [0.1, 0.15) is 39.0 Å². The molecule has 4 heteroatoms. The van der Waals surface area contributed by atoms with E-state index in [4.69, 9.17) is 0 Å². The van der Waals surface area contributed by atoms with Crippen molar-refractivity contribution in [3.8, 4) is 0 Å². The van der Waals surface area contributed by atoms with Crippen LogP contribution in [-0.4, -0.2) is 58.6 Å². The van der Waals surface area contributed by atoms with Gasteiger partial charge in [-0.25, -0.2) is 0 Å². The number of aliphatic carboxylic acids is 1. The molecule has 0 amide bonds. The number of carbonyl (C=O) groups is 1. The quantitative estimate of drug-likeness (QED) is 0.807. The summed E-state index contributed by atoms with van der Waals surface area (Å²) in [5.74, 6) is -0.761. The van der Waals surface area contributed by atoms with Crippen LogP contribution in [0.2, 0.25) is 0 Å². The minimum Gasteiger partial charge on any atom is -0.481 e. The van der Waals surface area contributed by atoms with Crippen LogP contribution < -0.4 is 0 Å². The van der Waals surface area contributed by atoms with Crippen molar-refractivity contribution in [1.82, 2.24) is 9.80 Å². The molecule has 0 saturated carbocycles. The van der Waals surface area contributed by atoms with Gasteiger partial charge in [0.15, 0.2) is 0 Å². The number of piperidine rings is 1. The molecule has 4 atom stereocenters. The van der Waals surface area contributed by atoms with Crippen molar-refractivity contribution < 1.29 is 9.90 Å². The molecule has 3 rings (SSSR count). The van der Waals surface area contributed by atoms with Crippen LogP contribution in [0, 0.1) is 5.92 Å². The van der Waals surface area contributed by atoms with Gasteiger partial charge in [0, 0.05) is 24.2 Å². The van der Waals surface area contributed by atoms with Crippen LogP contribution in [0.15, 0.2) is 0 Å². The molecule has 18 heavy (non-hydrogen) atoms. The van der Waals surface area contributed by atoms with E-state index in [0.29, 0.717) is 6.04 Å². The molecule has 3 aliphatic rings. The highest BCUT2D eigenvalue weighted by Crippen LogP contribution is 2.39. The Balaban J connectivity index is 1.68. The average Bonchev–Trinajstić information content (AvgIpc) is 2.77. The fourth-order valence-corrected chi connectivity index (χ4v) is 4.46. The Bertz CT molecular complexity index is 333. The molecule has 1 N–H and O–H groups in total. The van der Waals surface area contributed by atoms with E-state index in [2.05, 4.69) is 23.8 Å². The number of likely N-dealkylation sites (tertiary alicyclic amines) is 1. The number of fused-ring (bicyclic) bond motifs is 2. The summed E-state index contributed by atoms with van der Waals surface area (Å²) in [6, 6.07) is 2.32. The predicted molar refractivity (Wildman–Crippen MR) is 69.5 cm³/mol. The zero-order chi connectivity index (χ0) is 12.9. The summed E-state index contributed by atoms with van der Waals surface area (Å²) in [4.78, 5) is 16.2. The molecule has 4 nitrogen and oxygen atoms in total. The van der Waals surface area contributed by atoms with Gasteiger partial charge in [-0.15, -0.1) is 0 Å². The molecule has 0 aliphatic carbocycles. The molecular formula is C14H24N2O2. The van der Waals surface area contributed by atoms with Crippen molar-refractivity contribution in [2.45, 2.75) is 63.2 Å². The van der Waals surface area contributed by atoms with Gasteiger partial charge in [0.25, 0.3) is 0 Å². The Kier molecular flexibility index (Phi) is 3.10. The maximum atomic E-state index is 11.2. The standard InChI is InChI=1S/C14H24N2O2/c1-9-13(14(17)18)5-6-16(9)12-7-10-3-4-11(8-12)15(10)2/h9-13H,3-8H2,1-2H3,(H,17,18). The molecule has 3 heterocycles. The lowest BCUT2D eigenvalue weighted by atomic mass is 9.95. The third-order valence-electron chi connectivity index (χ3n) is 5.66. The Hall–Kier alpha value is -0.610. The second kappa shape index (κ2) is 4.49. The number of nitrogens with zero attached hydrogens (tertiary/aromatic N) is 2. The molecule has 0 spiro atoms. The van der Waals surface area contributed by atoms with Gasteiger partial charge in [0.05, 0.1) is 5.92 Å². The van der Waals surface area contributed by atoms with E-state index in [0.717, 1.165) is 25.0 Å². The summed E-state index contributed by atoms with van der Waals surface area (Å²) in [5, 5.41) is 9.22. The van der Waals surface area contributed by atoms with Gasteiger partial charge in [0.1, 0.15) is 0 Å². The molecule has 3 saturated heterocycles. The van der Waals surface area contributed by atoms with E-state index in [9.17, 15) is 9.90 Å². The van der Waals surface area contributed by atoms with Crippen molar-refractivity contribution in [2.24, 2.45) is 5.92 Å². The normalized spacial score (nSPS) is 45.6. The largest absolute Gasteiger partial charge is 0.481 e. The number of carboxylic acids is 1. The number of hydrogen-bond donors (Lipinski definition) is 1. The van der Waals surface area contributed by atoms with Crippen molar-refractivity contribution in [2.75, 3.05) is 13.6 Å². The van der Waals surface area contributed by atoms with E-state index in [-0.39, 0.29) is 12.0 Å². The van der Waals surface area contributed by atoms with Crippen LogP contribution in [0.3, 0.4) is 0 Å². The first-order valence-electron chi connectivity index (χ1n) is 7.28. The van der Waals surface area contributed by atoms with Crippen LogP contribution >= 0.6 is 0 Å². The summed E-state index contributed by atoms with van der Waals surface area (Å²) < 4.78 is 0. The molecular weight excluding hydrogens is 228 g/mol. The zero-order valence-electron chi connectivity index (χ0n) is 11.4. The zero-order valence-corrected chi connectivity index (χ0v) is 11.4. The predicted octanol–water partition coefficient (Wildman–Crippen LogP) is 1.41. The first-order chi connectivity index (χ1) is 8.58. The third kappa shape index (κ3) is 1.86. The van der Waals surface area contributed by atoms with Gasteiger partial charge in [-0.1, -0.05) is 0 Å². The van der Waals surface area contributed by atoms with Crippen molar-refractivity contribution in [3.05, 3.63) is 0 Å². The van der Waals surface area contributed by atoms with Crippen LogP contribution in [0.5, 0.6) is 0 Å². The van der Waals surface area contributed by atoms with Crippen LogP contribution in [0.4, 0.5) is 0 Å². The van der Waals surface area contributed by atoms with Crippen molar-refractivity contribution >= 4 is 5.97 Å². The molecule has 2 bridgehead atoms. The van der Waals surface area contributed by atoms with E-state index < -0.39 is 5.97 Å². The van der Waals surface area contributed by atoms with Gasteiger partial charge in [-0.2, -0.15) is 0 Å². The summed E-state index contributed by atoms with van der Waals surface area (Å²) >= 11 is 0. The second-order valence-electron chi connectivity index (χ2n) is 6.39. The SMILES string of the molecule is CC1C(C(=O)O)CCN1C1CC2CCC(C1)N2C. The van der Waals surface area contributed by atoms with E-state index in [1.54, 1.807) is 0 Å². The summed E-state index contributed by atoms with van der Waals surface area (Å²) in [6.45, 7) is 3.08. The Morgan fingerprint density at radius 1 is 1.11 bits per heavy atom. The third-order valence-corrected chi connectivity index (χ3v) is 5.66. The van der Waals surface area contributed by atoms with E-state index in [1.165, 1.54) is 25.7 Å². The van der Waals surface area contributed by atoms with Gasteiger partial charge >= 0.3 is 5.97 Å². The molecule has 102 valence electrons. The molecule has 0 radical (unpaired) electrons. The maximum Gasteiger partial charge on any atom is 0.308 e. The molecule has 3 fully saturated rings. The highest BCUT2D eigenvalue weighted by molar-refractivity contribution is 5.71. The second-order valence-corrected chi connectivity index (χ2v) is 6.39. The molecule has 0 aromatic carbocycles. The Labute approximate surface area is 109 Å². The Morgan fingerprint density at radius 3 is 2.22 bits per heavy atom. The van der Waals surface area contributed by atoms with Gasteiger partial charge in [-0.05, 0) is 52.6 Å². The topological polar surface area (TPSA) is 43.8 Å². The molecule has 0 aromatic rings. The molecule has 0 aromatic heterocycles. The smallest absolute Gasteiger partial charge is 0.308 e. The van der Waals surface area contributed by atoms with Crippen LogP contribution in [-0.2, 0) is 4.79 Å². The summed E-state index contributed by atoms with van der Waals surface area (Å²) in [5.41, 5.74) is 0. The Morgan fingerprint density at radius 2 is 1.72 bits per heavy atom. The van der Waals surface area contributed by atoms with Gasteiger partial charge in [0.2, 0.25) is 0 Å². The van der Waals surface area contributed by atoms with E-state index in [1.807, 2.05) is 0 Å². The van der Waals surface area contributed by atoms with Crippen LogP contribution in [0.25, 0.3) is 0 Å². The maximum absolute atomic E-state index is 11.2. The fourth-order valence-electron chi connectivity index (χ4n) is 4.46. The van der Waals surface area contributed by atoms with E-state index >= 15 is 0 Å². The van der Waals surface area contributed by atoms with Crippen molar-refractivity contribution in [1.29, 1.82) is 0 Å². The summed E-state index contributed by atoms with van der Waals surface area (Å²) in [7, 11) is 2.26. The minimum absolute atomic E-state index is 0.151.